The first-order chi connectivity index (χ1) is 29.3. The molecule has 11 nitrogen and oxygen atoms in total. The highest BCUT2D eigenvalue weighted by Gasteiger charge is 2.30. The second-order valence-electron chi connectivity index (χ2n) is 15.1. The minimum absolute atomic E-state index is 0.0364. The molecule has 4 rings (SSSR count). The Morgan fingerprint density at radius 1 is 0.590 bits per heavy atom. The minimum atomic E-state index is -3.39. The quantitative estimate of drug-likeness (QED) is 0.0442. The average molecular weight is 880 g/mol. The molecule has 1 unspecified atom stereocenters. The van der Waals surface area contributed by atoms with Crippen LogP contribution in [0.25, 0.3) is 0 Å². The monoisotopic (exact) mass is 879 g/mol. The number of methoxy groups -OCH3 is 1. The third-order valence-corrected chi connectivity index (χ3v) is 13.8. The molecule has 0 aliphatic carbocycles. The van der Waals surface area contributed by atoms with Gasteiger partial charge < -0.3 is 32.5 Å². The molecule has 334 valence electrons. The molecule has 0 aliphatic heterocycles. The van der Waals surface area contributed by atoms with E-state index < -0.39 is 15.2 Å². The van der Waals surface area contributed by atoms with Crippen LogP contribution in [0.2, 0.25) is 0 Å². The molecule has 1 atom stereocenters. The Balaban J connectivity index is 0.000000353. The summed E-state index contributed by atoms with van der Waals surface area (Å²) in [6, 6.07) is 26.6. The van der Waals surface area contributed by atoms with Gasteiger partial charge in [0.2, 0.25) is 0 Å². The molecule has 0 fully saturated rings. The highest BCUT2D eigenvalue weighted by Crippen LogP contribution is 2.55. The van der Waals surface area contributed by atoms with Gasteiger partial charge in [0.1, 0.15) is 24.1 Å². The molecule has 0 amide bonds. The average Bonchev–Trinajstić information content (AvgIpc) is 3.23. The first-order valence-electron chi connectivity index (χ1n) is 21.3. The maximum atomic E-state index is 13.3. The molecule has 0 saturated carbocycles. The zero-order valence-electron chi connectivity index (χ0n) is 37.6. The number of aryl methyl sites for hydroxylation is 1. The van der Waals surface area contributed by atoms with E-state index in [-0.39, 0.29) is 38.8 Å². The van der Waals surface area contributed by atoms with Crippen molar-refractivity contribution in [2.45, 2.75) is 93.4 Å². The Morgan fingerprint density at radius 3 is 1.39 bits per heavy atom. The Bertz CT molecular complexity index is 1930. The number of rotatable bonds is 26. The van der Waals surface area contributed by atoms with Crippen molar-refractivity contribution >= 4 is 44.8 Å². The van der Waals surface area contributed by atoms with Crippen LogP contribution < -0.4 is 14.4 Å². The van der Waals surface area contributed by atoms with Gasteiger partial charge in [-0.05, 0) is 126 Å². The summed E-state index contributed by atoms with van der Waals surface area (Å²) in [7, 11) is -5.23. The van der Waals surface area contributed by atoms with Crippen molar-refractivity contribution in [1.29, 1.82) is 0 Å². The topological polar surface area (TPSA) is 127 Å². The number of hydrogen-bond donors (Lipinski definition) is 0. The van der Waals surface area contributed by atoms with Crippen molar-refractivity contribution in [3.8, 4) is 11.5 Å². The molecule has 0 aliphatic rings. The number of aldehydes is 2. The van der Waals surface area contributed by atoms with Gasteiger partial charge in [-0.2, -0.15) is 0 Å². The summed E-state index contributed by atoms with van der Waals surface area (Å²) in [6.45, 7) is 17.5. The Morgan fingerprint density at radius 2 is 1.00 bits per heavy atom. The van der Waals surface area contributed by atoms with Crippen LogP contribution in [0.3, 0.4) is 0 Å². The second-order valence-corrected chi connectivity index (χ2v) is 19.2. The summed E-state index contributed by atoms with van der Waals surface area (Å²) in [6.07, 6.45) is 6.21. The summed E-state index contributed by atoms with van der Waals surface area (Å²) in [5, 5.41) is 0. The van der Waals surface area contributed by atoms with Crippen LogP contribution >= 0.6 is 15.2 Å². The maximum absolute atomic E-state index is 13.3. The second kappa shape index (κ2) is 26.4. The van der Waals surface area contributed by atoms with Crippen molar-refractivity contribution in [2.24, 2.45) is 11.8 Å². The van der Waals surface area contributed by atoms with Crippen LogP contribution in [0.4, 0.5) is 17.1 Å². The van der Waals surface area contributed by atoms with Crippen LogP contribution in [0.1, 0.15) is 112 Å². The third-order valence-electron chi connectivity index (χ3n) is 9.71. The molecule has 0 N–H and O–H groups in total. The lowest BCUT2D eigenvalue weighted by Crippen LogP contribution is -2.10. The molecular formula is C48H67NO10P2. The van der Waals surface area contributed by atoms with E-state index in [4.69, 9.17) is 27.6 Å². The number of benzene rings is 4. The molecule has 4 aromatic carbocycles. The van der Waals surface area contributed by atoms with Gasteiger partial charge in [0.25, 0.3) is 0 Å². The van der Waals surface area contributed by atoms with Crippen molar-refractivity contribution in [2.75, 3.05) is 45.0 Å². The predicted octanol–water partition coefficient (Wildman–Crippen LogP) is 13.5. The minimum Gasteiger partial charge on any atom is -0.496 e. The zero-order chi connectivity index (χ0) is 44.8. The van der Waals surface area contributed by atoms with Gasteiger partial charge in [-0.1, -0.05) is 57.7 Å². The fourth-order valence-electron chi connectivity index (χ4n) is 6.61. The van der Waals surface area contributed by atoms with E-state index in [2.05, 4.69) is 49.9 Å². The normalized spacial score (nSPS) is 12.0. The maximum Gasteiger partial charge on any atom is 0.335 e. The Hall–Kier alpha value is -4.08. The number of hydrogen-bond acceptors (Lipinski definition) is 11. The summed E-state index contributed by atoms with van der Waals surface area (Å²) in [4.78, 5) is 23.9. The highest BCUT2D eigenvalue weighted by molar-refractivity contribution is 7.53. The molecule has 0 saturated heterocycles. The molecule has 0 radical (unpaired) electrons. The van der Waals surface area contributed by atoms with Gasteiger partial charge >= 0.3 is 15.2 Å². The lowest BCUT2D eigenvalue weighted by atomic mass is 9.98. The lowest BCUT2D eigenvalue weighted by molar-refractivity contribution is 0.111. The number of ether oxygens (including phenoxy) is 2. The Labute approximate surface area is 364 Å². The van der Waals surface area contributed by atoms with Gasteiger partial charge in [-0.25, -0.2) is 0 Å². The first-order valence-corrected chi connectivity index (χ1v) is 24.8. The van der Waals surface area contributed by atoms with E-state index in [1.807, 2.05) is 31.2 Å². The molecule has 4 aromatic rings. The SMILES string of the molecule is CCOP(=O)(Cc1cc(OCCC(C)CCCC(C)C)c(CP(=O)(OCC)OCC)cc1OC)OCC.Cc1ccc(N(c2ccc(C=O)cc2)c2ccc(C=O)cc2)cc1. The standard InChI is InChI=1S/C27H50O8P2.C21H17NO2/c1-9-32-36(28,33-10-2)20-24-19-27(31-17-16-23(7)15-13-14-22(5)6)25(18-26(24)30-8)21-37(29,34-11-3)35-12-4;1-16-2-8-19(9-3-16)22(20-10-4-17(14-23)5-11-20)21-12-6-18(15-24)7-13-21/h18-19,22-23H,9-17,20-21H2,1-8H3;2-15H,1H3. The molecule has 0 aromatic heterocycles. The van der Waals surface area contributed by atoms with Gasteiger partial charge in [0.05, 0.1) is 52.5 Å². The summed E-state index contributed by atoms with van der Waals surface area (Å²) < 4.78 is 60.6. The van der Waals surface area contributed by atoms with Crippen LogP contribution in [0.15, 0.2) is 84.9 Å². The van der Waals surface area contributed by atoms with Crippen molar-refractivity contribution in [1.82, 2.24) is 0 Å². The van der Waals surface area contributed by atoms with Gasteiger partial charge in [-0.15, -0.1) is 0 Å². The number of nitrogens with zero attached hydrogens (tertiary/aromatic N) is 1. The largest absolute Gasteiger partial charge is 0.496 e. The third kappa shape index (κ3) is 17.0. The van der Waals surface area contributed by atoms with E-state index in [0.717, 1.165) is 42.5 Å². The smallest absolute Gasteiger partial charge is 0.335 e. The number of anilines is 3. The summed E-state index contributed by atoms with van der Waals surface area (Å²) in [5.74, 6) is 2.27. The van der Waals surface area contributed by atoms with E-state index in [0.29, 0.717) is 52.2 Å². The molecule has 0 heterocycles. The van der Waals surface area contributed by atoms with Crippen LogP contribution in [0, 0.1) is 18.8 Å². The van der Waals surface area contributed by atoms with Gasteiger partial charge in [0.15, 0.2) is 0 Å². The molecule has 0 spiro atoms. The molecule has 0 bridgehead atoms. The zero-order valence-corrected chi connectivity index (χ0v) is 39.4. The van der Waals surface area contributed by atoms with Gasteiger partial charge in [-0.3, -0.25) is 18.7 Å². The van der Waals surface area contributed by atoms with Crippen molar-refractivity contribution in [3.63, 3.8) is 0 Å². The van der Waals surface area contributed by atoms with Crippen molar-refractivity contribution in [3.05, 3.63) is 113 Å². The number of carbonyl (C=O) groups excluding carboxylic acids is 2. The fraction of sp³-hybridized carbons (Fsp3) is 0.458. The first kappa shape index (κ1) is 51.3. The van der Waals surface area contributed by atoms with Crippen LogP contribution in [0.5, 0.6) is 11.5 Å². The van der Waals surface area contributed by atoms with E-state index in [9.17, 15) is 18.7 Å². The Kier molecular flexibility index (Phi) is 22.2. The van der Waals surface area contributed by atoms with Crippen LogP contribution in [-0.4, -0.2) is 52.7 Å². The fourth-order valence-corrected chi connectivity index (χ4v) is 10.0. The lowest BCUT2D eigenvalue weighted by Gasteiger charge is -2.25. The van der Waals surface area contributed by atoms with E-state index in [1.54, 1.807) is 71.2 Å². The van der Waals surface area contributed by atoms with Crippen LogP contribution in [-0.2, 0) is 39.5 Å². The summed E-state index contributed by atoms with van der Waals surface area (Å²) >= 11 is 0. The number of carbonyl (C=O) groups is 2. The summed E-state index contributed by atoms with van der Waals surface area (Å²) in [5.41, 5.74) is 6.66. The van der Waals surface area contributed by atoms with Gasteiger partial charge in [0, 0.05) is 39.3 Å². The molecular weight excluding hydrogens is 812 g/mol. The molecule has 13 heteroatoms. The van der Waals surface area contributed by atoms with Crippen molar-refractivity contribution < 1.29 is 46.3 Å². The highest BCUT2D eigenvalue weighted by atomic mass is 31.2. The predicted molar refractivity (Wildman–Crippen MR) is 247 cm³/mol. The van der Waals surface area contributed by atoms with E-state index >= 15 is 0 Å². The molecule has 61 heavy (non-hydrogen) atoms. The van der Waals surface area contributed by atoms with E-state index in [1.165, 1.54) is 18.4 Å².